The number of hydrogen-bond donors (Lipinski definition) is 2. The van der Waals surface area contributed by atoms with Crippen molar-refractivity contribution >= 4 is 29.1 Å². The van der Waals surface area contributed by atoms with E-state index in [-0.39, 0.29) is 23.3 Å². The van der Waals surface area contributed by atoms with Gasteiger partial charge in [-0.1, -0.05) is 0 Å². The van der Waals surface area contributed by atoms with Crippen molar-refractivity contribution in [2.75, 3.05) is 23.4 Å². The van der Waals surface area contributed by atoms with E-state index in [1.165, 1.54) is 6.07 Å². The number of alkyl halides is 1. The van der Waals surface area contributed by atoms with Gasteiger partial charge in [-0.3, -0.25) is 0 Å². The number of rotatable bonds is 4. The van der Waals surface area contributed by atoms with E-state index in [2.05, 4.69) is 15.2 Å². The molecule has 2 aliphatic heterocycles. The molecule has 0 bridgehead atoms. The lowest BCUT2D eigenvalue weighted by Crippen LogP contribution is -2.48. The van der Waals surface area contributed by atoms with Crippen LogP contribution in [0.5, 0.6) is 0 Å². The summed E-state index contributed by atoms with van der Waals surface area (Å²) in [6, 6.07) is 3.29. The van der Waals surface area contributed by atoms with E-state index in [0.717, 1.165) is 25.3 Å². The molecule has 0 radical (unpaired) electrons. The van der Waals surface area contributed by atoms with E-state index in [9.17, 15) is 4.79 Å². The third-order valence-corrected chi connectivity index (χ3v) is 3.89. The maximum absolute atomic E-state index is 11.0. The van der Waals surface area contributed by atoms with Gasteiger partial charge in [0.1, 0.15) is 6.17 Å². The Bertz CT molecular complexity index is 534. The van der Waals surface area contributed by atoms with Crippen LogP contribution < -0.4 is 10.2 Å². The minimum Gasteiger partial charge on any atom is -0.477 e. The number of fused-ring (bicyclic) bond motifs is 1. The zero-order chi connectivity index (χ0) is 14.3. The second kappa shape index (κ2) is 5.10. The zero-order valence-corrected chi connectivity index (χ0v) is 11.8. The molecule has 0 aliphatic carbocycles. The third-order valence-electron chi connectivity index (χ3n) is 3.65. The van der Waals surface area contributed by atoms with Crippen molar-refractivity contribution in [2.24, 2.45) is 0 Å². The van der Waals surface area contributed by atoms with Crippen LogP contribution in [0.25, 0.3) is 0 Å². The Labute approximate surface area is 121 Å². The fraction of sp³-hybridized carbons (Fsp3) is 0.538. The Kier molecular flexibility index (Phi) is 3.43. The highest BCUT2D eigenvalue weighted by Crippen LogP contribution is 2.36. The quantitative estimate of drug-likeness (QED) is 0.825. The fourth-order valence-electron chi connectivity index (χ4n) is 2.50. The number of anilines is 2. The maximum Gasteiger partial charge on any atom is 0.354 e. The number of pyridine rings is 1. The van der Waals surface area contributed by atoms with Crippen LogP contribution >= 0.6 is 11.6 Å². The molecule has 1 saturated heterocycles. The SMILES string of the molecule is C[C@H](Cl)C1Nc2nc(C(=O)O)ccc2N1CC1CCO1. The molecule has 3 atom stereocenters. The van der Waals surface area contributed by atoms with Crippen molar-refractivity contribution < 1.29 is 14.6 Å². The largest absolute Gasteiger partial charge is 0.477 e. The fourth-order valence-corrected chi connectivity index (χ4v) is 2.70. The Morgan fingerprint density at radius 3 is 3.00 bits per heavy atom. The van der Waals surface area contributed by atoms with E-state index < -0.39 is 5.97 Å². The average Bonchev–Trinajstić information content (AvgIpc) is 2.71. The van der Waals surface area contributed by atoms with Crippen LogP contribution in [-0.2, 0) is 4.74 Å². The van der Waals surface area contributed by atoms with E-state index >= 15 is 0 Å². The van der Waals surface area contributed by atoms with Crippen LogP contribution in [-0.4, -0.2) is 46.9 Å². The number of nitrogens with zero attached hydrogens (tertiary/aromatic N) is 2. The van der Waals surface area contributed by atoms with Gasteiger partial charge in [0.05, 0.1) is 17.2 Å². The maximum atomic E-state index is 11.0. The molecular weight excluding hydrogens is 282 g/mol. The summed E-state index contributed by atoms with van der Waals surface area (Å²) in [7, 11) is 0. The van der Waals surface area contributed by atoms with Crippen LogP contribution in [0.1, 0.15) is 23.8 Å². The predicted octanol–water partition coefficient (Wildman–Crippen LogP) is 1.75. The van der Waals surface area contributed by atoms with Gasteiger partial charge in [0, 0.05) is 13.2 Å². The monoisotopic (exact) mass is 297 g/mol. The summed E-state index contributed by atoms with van der Waals surface area (Å²) in [5, 5.41) is 12.1. The highest BCUT2D eigenvalue weighted by atomic mass is 35.5. The standard InChI is InChI=1S/C13H16ClN3O3/c1-7(14)12-16-11-10(3-2-9(15-11)13(18)19)17(12)6-8-4-5-20-8/h2-3,7-8,12H,4-6H2,1H3,(H,15,16)(H,18,19)/t7-,8?,12?/m0/s1. The summed E-state index contributed by atoms with van der Waals surface area (Å²) < 4.78 is 5.47. The molecule has 0 spiro atoms. The number of carbonyl (C=O) groups is 1. The lowest BCUT2D eigenvalue weighted by atomic mass is 10.1. The third kappa shape index (κ3) is 2.29. The number of nitrogens with one attached hydrogen (secondary N) is 1. The molecule has 1 aromatic rings. The summed E-state index contributed by atoms with van der Waals surface area (Å²) in [5.41, 5.74) is 0.905. The summed E-state index contributed by atoms with van der Waals surface area (Å²) in [5.74, 6) is -0.465. The van der Waals surface area contributed by atoms with Gasteiger partial charge in [-0.2, -0.15) is 0 Å². The van der Waals surface area contributed by atoms with Gasteiger partial charge in [0.25, 0.3) is 0 Å². The van der Waals surface area contributed by atoms with Crippen molar-refractivity contribution in [3.05, 3.63) is 17.8 Å². The molecule has 6 nitrogen and oxygen atoms in total. The molecule has 2 N–H and O–H groups in total. The molecule has 0 saturated carbocycles. The van der Waals surface area contributed by atoms with Gasteiger partial charge in [-0.15, -0.1) is 11.6 Å². The van der Waals surface area contributed by atoms with Gasteiger partial charge in [-0.05, 0) is 25.5 Å². The number of aromatic nitrogens is 1. The molecule has 7 heteroatoms. The number of halogens is 1. The predicted molar refractivity (Wildman–Crippen MR) is 75.6 cm³/mol. The zero-order valence-electron chi connectivity index (χ0n) is 11.0. The van der Waals surface area contributed by atoms with Crippen molar-refractivity contribution in [1.82, 2.24) is 4.98 Å². The summed E-state index contributed by atoms with van der Waals surface area (Å²) in [6.07, 6.45) is 1.14. The summed E-state index contributed by atoms with van der Waals surface area (Å²) in [4.78, 5) is 17.2. The van der Waals surface area contributed by atoms with Crippen LogP contribution in [0.2, 0.25) is 0 Å². The number of aromatic carboxylic acids is 1. The molecule has 3 rings (SSSR count). The lowest BCUT2D eigenvalue weighted by molar-refractivity contribution is -0.0449. The Hall–Kier alpha value is -1.53. The molecule has 0 aromatic carbocycles. The van der Waals surface area contributed by atoms with Crippen LogP contribution in [0.4, 0.5) is 11.5 Å². The van der Waals surface area contributed by atoms with Gasteiger partial charge in [0.2, 0.25) is 0 Å². The number of hydrogen-bond acceptors (Lipinski definition) is 5. The highest BCUT2D eigenvalue weighted by molar-refractivity contribution is 6.21. The average molecular weight is 298 g/mol. The lowest BCUT2D eigenvalue weighted by Gasteiger charge is -2.35. The summed E-state index contributed by atoms with van der Waals surface area (Å²) >= 11 is 6.23. The van der Waals surface area contributed by atoms with Crippen molar-refractivity contribution in [3.8, 4) is 0 Å². The molecule has 1 aromatic heterocycles. The van der Waals surface area contributed by atoms with E-state index in [1.807, 2.05) is 6.92 Å². The Morgan fingerprint density at radius 2 is 2.45 bits per heavy atom. The molecule has 108 valence electrons. The molecule has 0 amide bonds. The van der Waals surface area contributed by atoms with Crippen molar-refractivity contribution in [3.63, 3.8) is 0 Å². The smallest absolute Gasteiger partial charge is 0.354 e. The van der Waals surface area contributed by atoms with Gasteiger partial charge in [0.15, 0.2) is 11.5 Å². The molecule has 2 unspecified atom stereocenters. The Balaban J connectivity index is 1.89. The Morgan fingerprint density at radius 1 is 1.70 bits per heavy atom. The van der Waals surface area contributed by atoms with E-state index in [0.29, 0.717) is 5.82 Å². The number of carboxylic acids is 1. The van der Waals surface area contributed by atoms with Crippen LogP contribution in [0.15, 0.2) is 12.1 Å². The first kappa shape index (κ1) is 13.5. The van der Waals surface area contributed by atoms with Gasteiger partial charge >= 0.3 is 5.97 Å². The first-order valence-electron chi connectivity index (χ1n) is 6.59. The first-order valence-corrected chi connectivity index (χ1v) is 7.03. The molecule has 1 fully saturated rings. The van der Waals surface area contributed by atoms with Crippen molar-refractivity contribution in [1.29, 1.82) is 0 Å². The first-order chi connectivity index (χ1) is 9.56. The minimum atomic E-state index is -1.04. The van der Waals surface area contributed by atoms with Crippen LogP contribution in [0.3, 0.4) is 0 Å². The van der Waals surface area contributed by atoms with Crippen LogP contribution in [0, 0.1) is 0 Å². The normalized spacial score (nSPS) is 25.6. The molecule has 2 aliphatic rings. The van der Waals surface area contributed by atoms with E-state index in [1.54, 1.807) is 6.07 Å². The molecule has 20 heavy (non-hydrogen) atoms. The highest BCUT2D eigenvalue weighted by Gasteiger charge is 2.36. The minimum absolute atomic E-state index is 0.0268. The van der Waals surface area contributed by atoms with E-state index in [4.69, 9.17) is 21.4 Å². The number of carboxylic acid groups (broad SMARTS) is 1. The summed E-state index contributed by atoms with van der Waals surface area (Å²) in [6.45, 7) is 3.43. The second-order valence-electron chi connectivity index (χ2n) is 5.07. The van der Waals surface area contributed by atoms with Crippen molar-refractivity contribution in [2.45, 2.75) is 31.0 Å². The van der Waals surface area contributed by atoms with Gasteiger partial charge in [-0.25, -0.2) is 9.78 Å². The molecule has 3 heterocycles. The molecular formula is C13H16ClN3O3. The topological polar surface area (TPSA) is 74.7 Å². The second-order valence-corrected chi connectivity index (χ2v) is 5.76. The van der Waals surface area contributed by atoms with Gasteiger partial charge < -0.3 is 20.1 Å². The number of ether oxygens (including phenoxy) is 1.